The van der Waals surface area contributed by atoms with E-state index in [4.69, 9.17) is 0 Å². The molecular weight excluding hydrogens is 238 g/mol. The van der Waals surface area contributed by atoms with Crippen molar-refractivity contribution in [3.8, 4) is 0 Å². The second-order valence-corrected chi connectivity index (χ2v) is 5.07. The van der Waals surface area contributed by atoms with Crippen LogP contribution in [0.25, 0.3) is 0 Å². The van der Waals surface area contributed by atoms with E-state index in [2.05, 4.69) is 9.88 Å². The zero-order valence-electron chi connectivity index (χ0n) is 11.7. The lowest BCUT2D eigenvalue weighted by Crippen LogP contribution is -2.42. The number of amides is 1. The van der Waals surface area contributed by atoms with Gasteiger partial charge in [-0.25, -0.2) is 0 Å². The van der Waals surface area contributed by atoms with Crippen LogP contribution in [0, 0.1) is 0 Å². The quantitative estimate of drug-likeness (QED) is 0.812. The third-order valence-electron chi connectivity index (χ3n) is 3.62. The summed E-state index contributed by atoms with van der Waals surface area (Å²) >= 11 is 0. The van der Waals surface area contributed by atoms with Gasteiger partial charge in [0.15, 0.2) is 0 Å². The summed E-state index contributed by atoms with van der Waals surface area (Å²) in [5.74, 6) is 0.218. The van der Waals surface area contributed by atoms with Crippen LogP contribution in [0.2, 0.25) is 0 Å². The number of likely N-dealkylation sites (N-methyl/N-ethyl adjacent to an activating group) is 1. The molecule has 1 saturated heterocycles. The molecule has 1 aromatic rings. The number of piperidine rings is 1. The van der Waals surface area contributed by atoms with Gasteiger partial charge in [0.2, 0.25) is 5.91 Å². The van der Waals surface area contributed by atoms with Crippen molar-refractivity contribution in [2.45, 2.75) is 32.7 Å². The van der Waals surface area contributed by atoms with E-state index >= 15 is 0 Å². The van der Waals surface area contributed by atoms with Gasteiger partial charge in [-0.15, -0.1) is 0 Å². The largest absolute Gasteiger partial charge is 0.336 e. The Morgan fingerprint density at radius 2 is 2.11 bits per heavy atom. The molecule has 0 atom stereocenters. The lowest BCUT2D eigenvalue weighted by Gasteiger charge is -2.29. The molecule has 1 aromatic heterocycles. The minimum Gasteiger partial charge on any atom is -0.336 e. The third kappa shape index (κ3) is 4.31. The minimum atomic E-state index is 0.218. The maximum atomic E-state index is 12.3. The number of rotatable bonds is 5. The van der Waals surface area contributed by atoms with Crippen LogP contribution in [-0.4, -0.2) is 46.9 Å². The summed E-state index contributed by atoms with van der Waals surface area (Å²) in [7, 11) is 0. The fourth-order valence-electron chi connectivity index (χ4n) is 2.47. The molecule has 2 heterocycles. The van der Waals surface area contributed by atoms with Gasteiger partial charge in [0, 0.05) is 12.7 Å². The van der Waals surface area contributed by atoms with E-state index in [1.165, 1.54) is 19.3 Å². The summed E-state index contributed by atoms with van der Waals surface area (Å²) in [6.45, 7) is 6.06. The highest BCUT2D eigenvalue weighted by Crippen LogP contribution is 2.09. The Morgan fingerprint density at radius 1 is 1.32 bits per heavy atom. The Morgan fingerprint density at radius 3 is 2.74 bits per heavy atom. The molecule has 0 aliphatic carbocycles. The zero-order chi connectivity index (χ0) is 13.5. The van der Waals surface area contributed by atoms with Crippen LogP contribution in [0.15, 0.2) is 24.4 Å². The van der Waals surface area contributed by atoms with Gasteiger partial charge in [-0.3, -0.25) is 14.7 Å². The van der Waals surface area contributed by atoms with Gasteiger partial charge in [0.1, 0.15) is 0 Å². The molecule has 0 N–H and O–H groups in total. The summed E-state index contributed by atoms with van der Waals surface area (Å²) in [6.07, 6.45) is 5.52. The zero-order valence-corrected chi connectivity index (χ0v) is 11.7. The van der Waals surface area contributed by atoms with Crippen molar-refractivity contribution in [3.05, 3.63) is 30.1 Å². The molecule has 1 aliphatic rings. The topological polar surface area (TPSA) is 36.4 Å². The molecule has 2 rings (SSSR count). The average molecular weight is 261 g/mol. The molecule has 4 nitrogen and oxygen atoms in total. The first-order valence-electron chi connectivity index (χ1n) is 7.19. The van der Waals surface area contributed by atoms with Crippen molar-refractivity contribution in [2.75, 3.05) is 26.2 Å². The Balaban J connectivity index is 1.87. The van der Waals surface area contributed by atoms with Gasteiger partial charge in [-0.1, -0.05) is 12.5 Å². The molecule has 4 heteroatoms. The molecule has 0 unspecified atom stereocenters. The van der Waals surface area contributed by atoms with Crippen molar-refractivity contribution in [1.29, 1.82) is 0 Å². The molecule has 1 amide bonds. The predicted molar refractivity (Wildman–Crippen MR) is 75.6 cm³/mol. The van der Waals surface area contributed by atoms with E-state index in [1.807, 2.05) is 30.0 Å². The average Bonchev–Trinajstić information content (AvgIpc) is 2.47. The second kappa shape index (κ2) is 7.24. The van der Waals surface area contributed by atoms with Crippen LogP contribution in [0.1, 0.15) is 31.9 Å². The number of likely N-dealkylation sites (tertiary alicyclic amines) is 1. The first-order valence-corrected chi connectivity index (χ1v) is 7.19. The maximum absolute atomic E-state index is 12.3. The van der Waals surface area contributed by atoms with Crippen molar-refractivity contribution >= 4 is 5.91 Å². The number of pyridine rings is 1. The molecule has 0 aromatic carbocycles. The summed E-state index contributed by atoms with van der Waals surface area (Å²) in [6, 6.07) is 5.83. The van der Waals surface area contributed by atoms with Crippen LogP contribution in [0.5, 0.6) is 0 Å². The third-order valence-corrected chi connectivity index (χ3v) is 3.62. The number of carbonyl (C=O) groups excluding carboxylic acids is 1. The van der Waals surface area contributed by atoms with Crippen LogP contribution >= 0.6 is 0 Å². The number of hydrogen-bond donors (Lipinski definition) is 0. The highest BCUT2D eigenvalue weighted by Gasteiger charge is 2.18. The summed E-state index contributed by atoms with van der Waals surface area (Å²) in [5.41, 5.74) is 0.955. The van der Waals surface area contributed by atoms with E-state index in [-0.39, 0.29) is 5.91 Å². The highest BCUT2D eigenvalue weighted by atomic mass is 16.2. The van der Waals surface area contributed by atoms with Gasteiger partial charge in [-0.05, 0) is 45.0 Å². The van der Waals surface area contributed by atoms with Crippen molar-refractivity contribution in [3.63, 3.8) is 0 Å². The number of hydrogen-bond acceptors (Lipinski definition) is 3. The Hall–Kier alpha value is -1.42. The molecule has 0 spiro atoms. The standard InChI is InChI=1S/C15H23N3O/c1-2-18(12-14-8-4-5-9-16-14)15(19)13-17-10-6-3-7-11-17/h4-5,8-9H,2-3,6-7,10-13H2,1H3. The van der Waals surface area contributed by atoms with E-state index < -0.39 is 0 Å². The lowest BCUT2D eigenvalue weighted by molar-refractivity contribution is -0.133. The van der Waals surface area contributed by atoms with Crippen molar-refractivity contribution in [1.82, 2.24) is 14.8 Å². The van der Waals surface area contributed by atoms with Gasteiger partial charge < -0.3 is 4.90 Å². The van der Waals surface area contributed by atoms with Crippen molar-refractivity contribution < 1.29 is 4.79 Å². The molecular formula is C15H23N3O. The van der Waals surface area contributed by atoms with Crippen LogP contribution in [0.4, 0.5) is 0 Å². The molecule has 19 heavy (non-hydrogen) atoms. The molecule has 1 fully saturated rings. The van der Waals surface area contributed by atoms with E-state index in [0.29, 0.717) is 13.1 Å². The van der Waals surface area contributed by atoms with E-state index in [0.717, 1.165) is 25.3 Å². The highest BCUT2D eigenvalue weighted by molar-refractivity contribution is 5.78. The van der Waals surface area contributed by atoms with Crippen LogP contribution in [0.3, 0.4) is 0 Å². The summed E-state index contributed by atoms with van der Waals surface area (Å²) in [4.78, 5) is 20.7. The van der Waals surface area contributed by atoms with Crippen molar-refractivity contribution in [2.24, 2.45) is 0 Å². The first-order chi connectivity index (χ1) is 9.29. The Labute approximate surface area is 115 Å². The number of nitrogens with zero attached hydrogens (tertiary/aromatic N) is 3. The normalized spacial score (nSPS) is 16.3. The van der Waals surface area contributed by atoms with Gasteiger partial charge >= 0.3 is 0 Å². The summed E-state index contributed by atoms with van der Waals surface area (Å²) in [5, 5.41) is 0. The van der Waals surface area contributed by atoms with Gasteiger partial charge in [0.05, 0.1) is 18.8 Å². The molecule has 104 valence electrons. The monoisotopic (exact) mass is 261 g/mol. The first kappa shape index (κ1) is 14.0. The smallest absolute Gasteiger partial charge is 0.237 e. The van der Waals surface area contributed by atoms with Gasteiger partial charge in [0.25, 0.3) is 0 Å². The molecule has 1 aliphatic heterocycles. The molecule has 0 saturated carbocycles. The lowest BCUT2D eigenvalue weighted by atomic mass is 10.1. The SMILES string of the molecule is CCN(Cc1ccccn1)C(=O)CN1CCCCC1. The Bertz CT molecular complexity index is 388. The maximum Gasteiger partial charge on any atom is 0.237 e. The minimum absolute atomic E-state index is 0.218. The van der Waals surface area contributed by atoms with E-state index in [1.54, 1.807) is 6.20 Å². The fourth-order valence-corrected chi connectivity index (χ4v) is 2.47. The van der Waals surface area contributed by atoms with Crippen LogP contribution in [-0.2, 0) is 11.3 Å². The fraction of sp³-hybridized carbons (Fsp3) is 0.600. The molecule has 0 bridgehead atoms. The molecule has 0 radical (unpaired) electrons. The van der Waals surface area contributed by atoms with Crippen LogP contribution < -0.4 is 0 Å². The summed E-state index contributed by atoms with van der Waals surface area (Å²) < 4.78 is 0. The predicted octanol–water partition coefficient (Wildman–Crippen LogP) is 1.92. The number of carbonyl (C=O) groups is 1. The van der Waals surface area contributed by atoms with Gasteiger partial charge in [-0.2, -0.15) is 0 Å². The second-order valence-electron chi connectivity index (χ2n) is 5.07. The Kier molecular flexibility index (Phi) is 5.33. The number of aromatic nitrogens is 1. The van der Waals surface area contributed by atoms with E-state index in [9.17, 15) is 4.79 Å².